The van der Waals surface area contributed by atoms with E-state index in [0.29, 0.717) is 12.3 Å². The number of carboxylic acid groups (broad SMARTS) is 1. The van der Waals surface area contributed by atoms with Crippen LogP contribution < -0.4 is 5.32 Å². The van der Waals surface area contributed by atoms with Gasteiger partial charge in [-0.15, -0.1) is 0 Å². The standard InChI is InChI=1S/C16H27NO5S/c18-14(11-13-5-3-1-2-4-6-13)17-16(12-15(19)20)7-9-23(21,22)10-8-16/h13H,1-12H2,(H,17,18)(H,19,20). The van der Waals surface area contributed by atoms with E-state index in [2.05, 4.69) is 5.32 Å². The Labute approximate surface area is 137 Å². The number of hydrogen-bond acceptors (Lipinski definition) is 4. The van der Waals surface area contributed by atoms with Crippen LogP contribution >= 0.6 is 0 Å². The molecule has 7 heteroatoms. The van der Waals surface area contributed by atoms with Crippen LogP contribution in [0.3, 0.4) is 0 Å². The lowest BCUT2D eigenvalue weighted by molar-refractivity contribution is -0.139. The number of carboxylic acids is 1. The van der Waals surface area contributed by atoms with Crippen molar-refractivity contribution < 1.29 is 23.1 Å². The van der Waals surface area contributed by atoms with Crippen molar-refractivity contribution in [2.45, 2.75) is 69.7 Å². The van der Waals surface area contributed by atoms with Crippen LogP contribution in [0.2, 0.25) is 0 Å². The molecule has 0 atom stereocenters. The minimum Gasteiger partial charge on any atom is -0.481 e. The maximum atomic E-state index is 12.4. The lowest BCUT2D eigenvalue weighted by Gasteiger charge is -2.37. The molecule has 132 valence electrons. The fraction of sp³-hybridized carbons (Fsp3) is 0.875. The molecule has 1 aliphatic heterocycles. The fourth-order valence-corrected chi connectivity index (χ4v) is 5.35. The van der Waals surface area contributed by atoms with Gasteiger partial charge in [-0.25, -0.2) is 8.42 Å². The number of nitrogens with one attached hydrogen (secondary N) is 1. The van der Waals surface area contributed by atoms with Gasteiger partial charge in [-0.05, 0) is 31.6 Å². The summed E-state index contributed by atoms with van der Waals surface area (Å²) in [5.41, 5.74) is -0.904. The molecule has 23 heavy (non-hydrogen) atoms. The third kappa shape index (κ3) is 5.79. The van der Waals surface area contributed by atoms with E-state index in [4.69, 9.17) is 5.11 Å². The molecule has 0 aromatic rings. The Balaban J connectivity index is 1.96. The van der Waals surface area contributed by atoms with Crippen molar-refractivity contribution in [1.82, 2.24) is 5.32 Å². The Morgan fingerprint density at radius 1 is 1.04 bits per heavy atom. The van der Waals surface area contributed by atoms with Gasteiger partial charge in [0.05, 0.1) is 23.5 Å². The highest BCUT2D eigenvalue weighted by Crippen LogP contribution is 2.29. The second-order valence-electron chi connectivity index (χ2n) is 7.11. The summed E-state index contributed by atoms with van der Waals surface area (Å²) >= 11 is 0. The molecule has 0 aromatic carbocycles. The lowest BCUT2D eigenvalue weighted by Crippen LogP contribution is -2.54. The predicted octanol–water partition coefficient (Wildman–Crippen LogP) is 1.89. The van der Waals surface area contributed by atoms with E-state index in [1.807, 2.05) is 0 Å². The Bertz CT molecular complexity index is 521. The zero-order valence-corrected chi connectivity index (χ0v) is 14.4. The van der Waals surface area contributed by atoms with Crippen LogP contribution in [0.5, 0.6) is 0 Å². The molecular weight excluding hydrogens is 318 g/mol. The van der Waals surface area contributed by atoms with Gasteiger partial charge >= 0.3 is 5.97 Å². The van der Waals surface area contributed by atoms with Crippen molar-refractivity contribution in [3.05, 3.63) is 0 Å². The average Bonchev–Trinajstić information content (AvgIpc) is 2.70. The average molecular weight is 345 g/mol. The summed E-state index contributed by atoms with van der Waals surface area (Å²) in [6.07, 6.45) is 7.44. The normalized spacial score (nSPS) is 24.5. The van der Waals surface area contributed by atoms with Crippen LogP contribution in [0.25, 0.3) is 0 Å². The van der Waals surface area contributed by atoms with Gasteiger partial charge < -0.3 is 10.4 Å². The van der Waals surface area contributed by atoms with Gasteiger partial charge in [-0.2, -0.15) is 0 Å². The molecule has 0 unspecified atom stereocenters. The highest BCUT2D eigenvalue weighted by atomic mass is 32.2. The molecule has 1 heterocycles. The number of aliphatic carboxylic acids is 1. The van der Waals surface area contributed by atoms with E-state index in [0.717, 1.165) is 25.7 Å². The molecule has 6 nitrogen and oxygen atoms in total. The molecule has 0 radical (unpaired) electrons. The van der Waals surface area contributed by atoms with Gasteiger partial charge in [0.15, 0.2) is 0 Å². The van der Waals surface area contributed by atoms with E-state index in [-0.39, 0.29) is 36.7 Å². The first kappa shape index (κ1) is 18.2. The van der Waals surface area contributed by atoms with E-state index in [9.17, 15) is 18.0 Å². The predicted molar refractivity (Wildman–Crippen MR) is 86.8 cm³/mol. The van der Waals surface area contributed by atoms with Crippen LogP contribution in [0.15, 0.2) is 0 Å². The van der Waals surface area contributed by atoms with Crippen LogP contribution in [-0.4, -0.2) is 42.4 Å². The number of carbonyl (C=O) groups excluding carboxylic acids is 1. The molecule has 2 N–H and O–H groups in total. The minimum absolute atomic E-state index is 0.0516. The quantitative estimate of drug-likeness (QED) is 0.741. The summed E-state index contributed by atoms with van der Waals surface area (Å²) in [6.45, 7) is 0. The Kier molecular flexibility index (Phi) is 6.06. The summed E-state index contributed by atoms with van der Waals surface area (Å²) in [5, 5.41) is 12.0. The Morgan fingerprint density at radius 3 is 2.13 bits per heavy atom. The number of rotatable bonds is 5. The number of amides is 1. The van der Waals surface area contributed by atoms with Gasteiger partial charge in [-0.1, -0.05) is 25.7 Å². The van der Waals surface area contributed by atoms with Crippen molar-refractivity contribution in [3.8, 4) is 0 Å². The van der Waals surface area contributed by atoms with Crippen LogP contribution in [0.1, 0.15) is 64.2 Å². The smallest absolute Gasteiger partial charge is 0.305 e. The zero-order chi connectivity index (χ0) is 16.9. The fourth-order valence-electron chi connectivity index (χ4n) is 3.74. The van der Waals surface area contributed by atoms with Crippen molar-refractivity contribution in [3.63, 3.8) is 0 Å². The molecule has 1 aliphatic carbocycles. The van der Waals surface area contributed by atoms with Gasteiger partial charge in [0.25, 0.3) is 0 Å². The Morgan fingerprint density at radius 2 is 1.61 bits per heavy atom. The third-order valence-corrected chi connectivity index (χ3v) is 6.78. The highest BCUT2D eigenvalue weighted by Gasteiger charge is 2.40. The van der Waals surface area contributed by atoms with Crippen molar-refractivity contribution >= 4 is 21.7 Å². The lowest BCUT2D eigenvalue weighted by atomic mass is 9.87. The molecule has 0 spiro atoms. The van der Waals surface area contributed by atoms with Crippen molar-refractivity contribution in [2.75, 3.05) is 11.5 Å². The third-order valence-electron chi connectivity index (χ3n) is 5.13. The van der Waals surface area contributed by atoms with Crippen molar-refractivity contribution in [2.24, 2.45) is 5.92 Å². The highest BCUT2D eigenvalue weighted by molar-refractivity contribution is 7.91. The van der Waals surface area contributed by atoms with E-state index in [1.165, 1.54) is 12.8 Å². The molecular formula is C16H27NO5S. The summed E-state index contributed by atoms with van der Waals surface area (Å²) in [7, 11) is -3.10. The summed E-state index contributed by atoms with van der Waals surface area (Å²) < 4.78 is 23.2. The molecule has 0 bridgehead atoms. The molecule has 2 rings (SSSR count). The van der Waals surface area contributed by atoms with E-state index < -0.39 is 21.3 Å². The maximum absolute atomic E-state index is 12.4. The van der Waals surface area contributed by atoms with E-state index in [1.54, 1.807) is 0 Å². The monoisotopic (exact) mass is 345 g/mol. The number of hydrogen-bond donors (Lipinski definition) is 2. The first-order chi connectivity index (χ1) is 10.8. The second kappa shape index (κ2) is 7.64. The Hall–Kier alpha value is -1.11. The van der Waals surface area contributed by atoms with Crippen LogP contribution in [0.4, 0.5) is 0 Å². The maximum Gasteiger partial charge on any atom is 0.305 e. The summed E-state index contributed by atoms with van der Waals surface area (Å²) in [4.78, 5) is 23.5. The van der Waals surface area contributed by atoms with Gasteiger partial charge in [0.2, 0.25) is 5.91 Å². The SMILES string of the molecule is O=C(O)CC1(NC(=O)CC2CCCCCC2)CCS(=O)(=O)CC1. The molecule has 2 fully saturated rings. The second-order valence-corrected chi connectivity index (χ2v) is 9.42. The molecule has 0 aromatic heterocycles. The number of carbonyl (C=O) groups is 2. The van der Waals surface area contributed by atoms with Gasteiger partial charge in [0.1, 0.15) is 9.84 Å². The molecule has 1 saturated heterocycles. The molecule has 1 saturated carbocycles. The largest absolute Gasteiger partial charge is 0.481 e. The molecule has 1 amide bonds. The summed E-state index contributed by atoms with van der Waals surface area (Å²) in [6, 6.07) is 0. The summed E-state index contributed by atoms with van der Waals surface area (Å²) in [5.74, 6) is -0.864. The topological polar surface area (TPSA) is 101 Å². The van der Waals surface area contributed by atoms with Gasteiger partial charge in [-0.3, -0.25) is 9.59 Å². The molecule has 2 aliphatic rings. The van der Waals surface area contributed by atoms with Crippen LogP contribution in [0, 0.1) is 5.92 Å². The van der Waals surface area contributed by atoms with Crippen molar-refractivity contribution in [1.29, 1.82) is 0 Å². The first-order valence-electron chi connectivity index (χ1n) is 8.54. The van der Waals surface area contributed by atoms with Gasteiger partial charge in [0, 0.05) is 6.42 Å². The number of sulfone groups is 1. The minimum atomic E-state index is -3.10. The van der Waals surface area contributed by atoms with E-state index >= 15 is 0 Å². The zero-order valence-electron chi connectivity index (χ0n) is 13.6. The first-order valence-corrected chi connectivity index (χ1v) is 10.4. The van der Waals surface area contributed by atoms with Crippen LogP contribution in [-0.2, 0) is 19.4 Å².